The molecule has 2 aromatic heterocycles. The zero-order valence-corrected chi connectivity index (χ0v) is 39.0. The van der Waals surface area contributed by atoms with Crippen LogP contribution in [0.4, 0.5) is 0 Å². The quantitative estimate of drug-likeness (QED) is 0.0333. The van der Waals surface area contributed by atoms with Gasteiger partial charge in [-0.1, -0.05) is 18.2 Å². The number of amides is 9. The lowest BCUT2D eigenvalue weighted by atomic mass is 10.0. The first-order valence-electron chi connectivity index (χ1n) is 21.5. The van der Waals surface area contributed by atoms with E-state index in [-0.39, 0.29) is 37.3 Å². The number of aromatic nitrogens is 3. The minimum absolute atomic E-state index is 0.0108. The Bertz CT molecular complexity index is 2330. The van der Waals surface area contributed by atoms with Crippen molar-refractivity contribution < 1.29 is 63.3 Å². The summed E-state index contributed by atoms with van der Waals surface area (Å²) in [5.74, 6) is -10.5. The van der Waals surface area contributed by atoms with Crippen molar-refractivity contribution in [1.82, 2.24) is 57.1 Å². The van der Waals surface area contributed by atoms with Crippen LogP contribution in [0.3, 0.4) is 0 Å². The van der Waals surface area contributed by atoms with Crippen LogP contribution >= 0.6 is 25.3 Å². The lowest BCUT2D eigenvalue weighted by Crippen LogP contribution is -2.60. The average molecular weight is 1000 g/mol. The van der Waals surface area contributed by atoms with Crippen molar-refractivity contribution in [2.75, 3.05) is 31.2 Å². The summed E-state index contributed by atoms with van der Waals surface area (Å²) in [6.07, 6.45) is 2.65. The van der Waals surface area contributed by atoms with Crippen LogP contribution in [-0.2, 0) is 60.8 Å². The van der Waals surface area contributed by atoms with Gasteiger partial charge in [-0.2, -0.15) is 25.3 Å². The second-order valence-electron chi connectivity index (χ2n) is 16.0. The molecule has 1 saturated heterocycles. The van der Waals surface area contributed by atoms with Crippen LogP contribution in [0.25, 0.3) is 10.9 Å². The fourth-order valence-electron chi connectivity index (χ4n) is 7.21. The molecule has 1 fully saturated rings. The van der Waals surface area contributed by atoms with Gasteiger partial charge in [-0.25, -0.2) is 9.78 Å². The number of rotatable bonds is 26. The molecule has 1 aliphatic rings. The Morgan fingerprint density at radius 3 is 2.10 bits per heavy atom. The molecule has 9 amide bonds. The van der Waals surface area contributed by atoms with Gasteiger partial charge in [0.15, 0.2) is 0 Å². The number of thiol groups is 2. The van der Waals surface area contributed by atoms with Crippen LogP contribution in [0.5, 0.6) is 0 Å². The number of primary amides is 1. The number of nitrogens with two attached hydrogens (primary N) is 2. The molecule has 9 atom stereocenters. The average Bonchev–Trinajstić information content (AvgIpc) is 4.11. The number of benzene rings is 1. The normalized spacial score (nSPS) is 16.8. The predicted octanol–water partition coefficient (Wildman–Crippen LogP) is -5.79. The number of carbonyl (C=O) groups excluding carboxylic acids is 9. The Morgan fingerprint density at radius 2 is 1.48 bits per heavy atom. The summed E-state index contributed by atoms with van der Waals surface area (Å²) in [7, 11) is 0. The first-order valence-corrected chi connectivity index (χ1v) is 22.7. The first-order chi connectivity index (χ1) is 32.8. The number of fused-ring (bicyclic) bond motifs is 1. The number of aliphatic hydroxyl groups excluding tert-OH is 2. The van der Waals surface area contributed by atoms with E-state index in [4.69, 9.17) is 11.5 Å². The fourth-order valence-corrected chi connectivity index (χ4v) is 7.70. The second-order valence-corrected chi connectivity index (χ2v) is 16.7. The van der Waals surface area contributed by atoms with Gasteiger partial charge in [0.05, 0.1) is 38.0 Å². The minimum Gasteiger partial charge on any atom is -0.480 e. The molecule has 376 valence electrons. The highest BCUT2D eigenvalue weighted by atomic mass is 32.1. The smallest absolute Gasteiger partial charge is 0.327 e. The van der Waals surface area contributed by atoms with E-state index in [1.807, 2.05) is 18.2 Å². The molecule has 3 aromatic rings. The Hall–Kier alpha value is -6.75. The third kappa shape index (κ3) is 15.6. The number of H-pyrrole nitrogens is 2. The number of hydrogen-bond acceptors (Lipinski definition) is 16. The monoisotopic (exact) mass is 1000 g/mol. The number of likely N-dealkylation sites (tertiary alicyclic amines) is 1. The summed E-state index contributed by atoms with van der Waals surface area (Å²) in [5, 5.41) is 46.7. The number of para-hydroxylation sites is 1. The predicted molar refractivity (Wildman–Crippen MR) is 250 cm³/mol. The Morgan fingerprint density at radius 1 is 0.826 bits per heavy atom. The maximum Gasteiger partial charge on any atom is 0.327 e. The highest BCUT2D eigenvalue weighted by Crippen LogP contribution is 2.21. The van der Waals surface area contributed by atoms with E-state index in [1.54, 1.807) is 12.3 Å². The van der Waals surface area contributed by atoms with Crippen LogP contribution in [0.2, 0.25) is 0 Å². The van der Waals surface area contributed by atoms with E-state index < -0.39 is 133 Å². The maximum absolute atomic E-state index is 13.9. The van der Waals surface area contributed by atoms with Crippen molar-refractivity contribution in [2.24, 2.45) is 11.5 Å². The molecule has 28 heteroatoms. The molecule has 0 bridgehead atoms. The van der Waals surface area contributed by atoms with Gasteiger partial charge in [0.1, 0.15) is 42.3 Å². The van der Waals surface area contributed by atoms with Crippen LogP contribution in [0.15, 0.2) is 43.0 Å². The Kier molecular flexibility index (Phi) is 20.8. The maximum atomic E-state index is 13.9. The molecule has 26 nitrogen and oxygen atoms in total. The van der Waals surface area contributed by atoms with E-state index in [2.05, 4.69) is 77.4 Å². The molecular weight excluding hydrogens is 947 g/mol. The molecule has 0 saturated carbocycles. The number of aliphatic hydroxyl groups is 2. The highest BCUT2D eigenvalue weighted by Gasteiger charge is 2.40. The van der Waals surface area contributed by atoms with E-state index in [0.717, 1.165) is 15.8 Å². The number of carbonyl (C=O) groups is 10. The highest BCUT2D eigenvalue weighted by molar-refractivity contribution is 7.80. The van der Waals surface area contributed by atoms with Crippen molar-refractivity contribution in [3.05, 3.63) is 54.2 Å². The molecule has 69 heavy (non-hydrogen) atoms. The van der Waals surface area contributed by atoms with Gasteiger partial charge in [-0.05, 0) is 31.4 Å². The molecule has 4 rings (SSSR count). The van der Waals surface area contributed by atoms with Crippen LogP contribution < -0.4 is 48.7 Å². The molecule has 0 spiro atoms. The van der Waals surface area contributed by atoms with Crippen molar-refractivity contribution in [1.29, 1.82) is 0 Å². The third-order valence-electron chi connectivity index (χ3n) is 10.9. The number of carboxylic acid groups (broad SMARTS) is 1. The summed E-state index contributed by atoms with van der Waals surface area (Å²) in [4.78, 5) is 141. The Balaban J connectivity index is 1.38. The number of nitrogens with one attached hydrogen (secondary N) is 9. The third-order valence-corrected chi connectivity index (χ3v) is 11.6. The van der Waals surface area contributed by atoms with Gasteiger partial charge in [-0.3, -0.25) is 43.2 Å². The van der Waals surface area contributed by atoms with E-state index in [0.29, 0.717) is 17.7 Å². The largest absolute Gasteiger partial charge is 0.480 e. The summed E-state index contributed by atoms with van der Waals surface area (Å²) in [6.45, 7) is -0.542. The van der Waals surface area contributed by atoms with Crippen molar-refractivity contribution in [3.63, 3.8) is 0 Å². The zero-order valence-electron chi connectivity index (χ0n) is 37.2. The number of aliphatic carboxylic acids is 1. The summed E-state index contributed by atoms with van der Waals surface area (Å²) < 4.78 is 0. The number of carboxylic acids is 1. The molecule has 3 heterocycles. The van der Waals surface area contributed by atoms with Crippen LogP contribution in [0, 0.1) is 0 Å². The zero-order chi connectivity index (χ0) is 50.9. The Labute approximate surface area is 404 Å². The van der Waals surface area contributed by atoms with Crippen molar-refractivity contribution in [2.45, 2.75) is 93.5 Å². The molecule has 1 aliphatic heterocycles. The van der Waals surface area contributed by atoms with Crippen molar-refractivity contribution >= 4 is 95.3 Å². The van der Waals surface area contributed by atoms with E-state index in [9.17, 15) is 63.3 Å². The first kappa shape index (κ1) is 54.9. The lowest BCUT2D eigenvalue weighted by molar-refractivity contribution is -0.142. The molecule has 0 radical (unpaired) electrons. The number of hydrogen-bond donors (Lipinski definition) is 16. The van der Waals surface area contributed by atoms with E-state index in [1.165, 1.54) is 19.4 Å². The molecular formula is C41H57N13O13S2. The SMILES string of the molecule is C[C@@H](O)[C@H](NC(=O)[C@H](Cc1c[nH]c2ccccc12)NC(=O)[C@@H](N)Cc1cnc[nH]1)C(=O)NCC(=O)N[C@@H](CS)C(=O)N1CCC[C@H]1C(=O)N[C@@H](CC(N)=O)C(=O)N[C@@H](CO)C(=O)N[C@@H](CS)C(=O)O. The molecule has 1 aromatic carbocycles. The summed E-state index contributed by atoms with van der Waals surface area (Å²) in [5.41, 5.74) is 13.4. The summed E-state index contributed by atoms with van der Waals surface area (Å²) in [6, 6.07) is -4.32. The standard InChI is InChI=1S/C41H57N13O13S2/c1-19(56)33(53-36(61)25(9-20-12-45-24-6-3-2-5-22(20)24)49-34(59)23(42)10-21-13-44-18-47-21)39(64)46-14-32(58)48-28(16-68)40(65)54-8-4-7-30(54)38(63)50-26(11-31(43)57)35(60)51-27(15-55)37(62)52-29(17-69)41(66)67/h2-3,5-6,12-13,18-19,23,25-30,33,45,55-56,68-69H,4,7-11,14-17,42H2,1H3,(H2,43,57)(H,44,47)(H,46,64)(H,48,58)(H,49,59)(H,50,63)(H,51,60)(H,52,62)(H,53,61)(H,66,67)/t19-,23+,25+,26+,27+,28+,29+,30+,33+/m1/s1. The molecule has 0 unspecified atom stereocenters. The summed E-state index contributed by atoms with van der Waals surface area (Å²) >= 11 is 8.02. The van der Waals surface area contributed by atoms with Crippen LogP contribution in [0.1, 0.15) is 37.4 Å². The van der Waals surface area contributed by atoms with Crippen LogP contribution in [-0.4, -0.2) is 180 Å². The van der Waals surface area contributed by atoms with Gasteiger partial charge in [0, 0.05) is 59.9 Å². The topological polar surface area (TPSA) is 415 Å². The number of aromatic amines is 2. The van der Waals surface area contributed by atoms with Gasteiger partial charge >= 0.3 is 5.97 Å². The fraction of sp³-hybridized carbons (Fsp3) is 0.488. The van der Waals surface area contributed by atoms with Gasteiger partial charge in [0.2, 0.25) is 53.2 Å². The van der Waals surface area contributed by atoms with Gasteiger partial charge in [-0.15, -0.1) is 0 Å². The number of nitrogens with zero attached hydrogens (tertiary/aromatic N) is 2. The van der Waals surface area contributed by atoms with Crippen molar-refractivity contribution in [3.8, 4) is 0 Å². The molecule has 16 N–H and O–H groups in total. The van der Waals surface area contributed by atoms with E-state index >= 15 is 0 Å². The number of imidazole rings is 1. The molecule has 0 aliphatic carbocycles. The van der Waals surface area contributed by atoms with Gasteiger partial charge in [0.25, 0.3) is 0 Å². The second kappa shape index (κ2) is 26.1. The van der Waals surface area contributed by atoms with Gasteiger partial charge < -0.3 is 78.9 Å². The minimum atomic E-state index is -1.71. The lowest BCUT2D eigenvalue weighted by Gasteiger charge is -2.29.